The average Bonchev–Trinajstić information content (AvgIpc) is 3.07. The highest BCUT2D eigenvalue weighted by atomic mass is 16.5. The second-order valence-corrected chi connectivity index (χ2v) is 5.50. The van der Waals surface area contributed by atoms with Gasteiger partial charge in [0.2, 0.25) is 5.91 Å². The number of carbonyl (C=O) groups excluding carboxylic acids is 1. The monoisotopic (exact) mass is 279 g/mol. The third kappa shape index (κ3) is 4.34. The molecule has 1 aliphatic rings. The van der Waals surface area contributed by atoms with E-state index in [2.05, 4.69) is 10.4 Å². The number of hydrogen-bond acceptors (Lipinski definition) is 3. The van der Waals surface area contributed by atoms with E-state index in [1.807, 2.05) is 26.4 Å². The van der Waals surface area contributed by atoms with Crippen molar-refractivity contribution < 1.29 is 9.53 Å². The van der Waals surface area contributed by atoms with Crippen molar-refractivity contribution in [3.05, 3.63) is 18.0 Å². The largest absolute Gasteiger partial charge is 0.365 e. The summed E-state index contributed by atoms with van der Waals surface area (Å²) >= 11 is 0. The molecule has 1 aliphatic carbocycles. The van der Waals surface area contributed by atoms with Crippen molar-refractivity contribution in [2.75, 3.05) is 6.54 Å². The van der Waals surface area contributed by atoms with Crippen LogP contribution in [0, 0.1) is 0 Å². The molecule has 0 bridgehead atoms. The molecule has 1 atom stereocenters. The molecular formula is C15H25N3O2. The fourth-order valence-corrected chi connectivity index (χ4v) is 2.65. The minimum absolute atomic E-state index is 0.0169. The van der Waals surface area contributed by atoms with Crippen LogP contribution in [0.2, 0.25) is 0 Å². The van der Waals surface area contributed by atoms with Crippen LogP contribution in [-0.4, -0.2) is 34.4 Å². The topological polar surface area (TPSA) is 56.1 Å². The summed E-state index contributed by atoms with van der Waals surface area (Å²) in [5.41, 5.74) is 1.14. The molecule has 112 valence electrons. The van der Waals surface area contributed by atoms with E-state index in [-0.39, 0.29) is 18.1 Å². The Morgan fingerprint density at radius 2 is 2.30 bits per heavy atom. The summed E-state index contributed by atoms with van der Waals surface area (Å²) in [5, 5.41) is 7.08. The van der Waals surface area contributed by atoms with Crippen molar-refractivity contribution in [2.45, 2.75) is 57.7 Å². The van der Waals surface area contributed by atoms with Crippen LogP contribution in [0.3, 0.4) is 0 Å². The minimum Gasteiger partial charge on any atom is -0.365 e. The van der Waals surface area contributed by atoms with Gasteiger partial charge in [0.05, 0.1) is 12.3 Å². The number of nitrogens with zero attached hydrogens (tertiary/aromatic N) is 2. The summed E-state index contributed by atoms with van der Waals surface area (Å²) in [5.74, 6) is 0.0169. The first-order valence-electron chi connectivity index (χ1n) is 7.59. The molecule has 0 saturated heterocycles. The third-order valence-corrected chi connectivity index (χ3v) is 3.79. The van der Waals surface area contributed by atoms with Gasteiger partial charge in [0, 0.05) is 19.8 Å². The maximum atomic E-state index is 12.1. The maximum Gasteiger partial charge on any atom is 0.249 e. The van der Waals surface area contributed by atoms with E-state index < -0.39 is 0 Å². The van der Waals surface area contributed by atoms with E-state index >= 15 is 0 Å². The zero-order valence-electron chi connectivity index (χ0n) is 12.5. The molecule has 1 N–H and O–H groups in total. The second-order valence-electron chi connectivity index (χ2n) is 5.50. The second kappa shape index (κ2) is 7.43. The van der Waals surface area contributed by atoms with Crippen molar-refractivity contribution in [2.24, 2.45) is 7.05 Å². The molecule has 1 saturated carbocycles. The Morgan fingerprint density at radius 1 is 1.55 bits per heavy atom. The van der Waals surface area contributed by atoms with Crippen molar-refractivity contribution in [1.82, 2.24) is 15.1 Å². The van der Waals surface area contributed by atoms with Gasteiger partial charge in [0.15, 0.2) is 0 Å². The van der Waals surface area contributed by atoms with Crippen LogP contribution in [0.1, 0.15) is 44.6 Å². The summed E-state index contributed by atoms with van der Waals surface area (Å²) in [4.78, 5) is 12.1. The lowest BCUT2D eigenvalue weighted by molar-refractivity contribution is -0.136. The summed E-state index contributed by atoms with van der Waals surface area (Å²) in [7, 11) is 1.89. The molecule has 0 spiro atoms. The molecule has 20 heavy (non-hydrogen) atoms. The van der Waals surface area contributed by atoms with Crippen molar-refractivity contribution in [3.8, 4) is 0 Å². The zero-order chi connectivity index (χ0) is 14.4. The van der Waals surface area contributed by atoms with E-state index in [9.17, 15) is 4.79 Å². The van der Waals surface area contributed by atoms with Gasteiger partial charge < -0.3 is 10.1 Å². The van der Waals surface area contributed by atoms with Crippen LogP contribution in [-0.2, 0) is 23.0 Å². The lowest BCUT2D eigenvalue weighted by Crippen LogP contribution is -2.38. The Balaban J connectivity index is 1.71. The van der Waals surface area contributed by atoms with Crippen molar-refractivity contribution in [1.29, 1.82) is 0 Å². The fourth-order valence-electron chi connectivity index (χ4n) is 2.65. The number of aromatic nitrogens is 2. The first-order chi connectivity index (χ1) is 9.69. The highest BCUT2D eigenvalue weighted by molar-refractivity contribution is 5.80. The molecule has 1 aromatic rings. The normalized spacial score (nSPS) is 17.3. The molecule has 0 radical (unpaired) electrons. The Labute approximate surface area is 120 Å². The van der Waals surface area contributed by atoms with Crippen LogP contribution in [0.15, 0.2) is 12.4 Å². The quantitative estimate of drug-likeness (QED) is 0.828. The number of carbonyl (C=O) groups is 1. The minimum atomic E-state index is -0.299. The molecule has 0 unspecified atom stereocenters. The highest BCUT2D eigenvalue weighted by Gasteiger charge is 2.23. The Morgan fingerprint density at radius 3 is 2.90 bits per heavy atom. The van der Waals surface area contributed by atoms with Crippen LogP contribution in [0.4, 0.5) is 0 Å². The first-order valence-corrected chi connectivity index (χ1v) is 7.59. The molecule has 1 aromatic heterocycles. The van der Waals surface area contributed by atoms with Crippen LogP contribution in [0.5, 0.6) is 0 Å². The summed E-state index contributed by atoms with van der Waals surface area (Å²) in [6.45, 7) is 2.63. The predicted octanol–water partition coefficient (Wildman–Crippen LogP) is 1.82. The highest BCUT2D eigenvalue weighted by Crippen LogP contribution is 2.22. The van der Waals surface area contributed by atoms with Crippen molar-refractivity contribution in [3.63, 3.8) is 0 Å². The maximum absolute atomic E-state index is 12.1. The van der Waals surface area contributed by atoms with Gasteiger partial charge >= 0.3 is 0 Å². The number of rotatable bonds is 7. The van der Waals surface area contributed by atoms with Crippen LogP contribution >= 0.6 is 0 Å². The van der Waals surface area contributed by atoms with Gasteiger partial charge in [-0.3, -0.25) is 9.48 Å². The molecule has 1 fully saturated rings. The summed E-state index contributed by atoms with van der Waals surface area (Å²) in [6, 6.07) is 0. The van der Waals surface area contributed by atoms with Gasteiger partial charge in [-0.2, -0.15) is 5.10 Å². The summed E-state index contributed by atoms with van der Waals surface area (Å²) < 4.78 is 7.67. The fraction of sp³-hybridized carbons (Fsp3) is 0.733. The Kier molecular flexibility index (Phi) is 5.59. The van der Waals surface area contributed by atoms with Gasteiger partial charge in [-0.05, 0) is 31.2 Å². The molecular weight excluding hydrogens is 254 g/mol. The SMILES string of the molecule is CC[C@@H](OC1CCCC1)C(=O)NCCc1cnn(C)c1. The molecule has 0 aromatic carbocycles. The Bertz CT molecular complexity index is 425. The summed E-state index contributed by atoms with van der Waals surface area (Å²) in [6.07, 6.45) is 9.97. The van der Waals surface area contributed by atoms with Crippen LogP contribution < -0.4 is 5.32 Å². The van der Waals surface area contributed by atoms with Crippen molar-refractivity contribution >= 4 is 5.91 Å². The molecule has 2 rings (SSSR count). The van der Waals surface area contributed by atoms with Gasteiger partial charge in [0.1, 0.15) is 6.10 Å². The standard InChI is InChI=1S/C15H25N3O2/c1-3-14(20-13-6-4-5-7-13)15(19)16-9-8-12-10-17-18(2)11-12/h10-11,13-14H,3-9H2,1-2H3,(H,16,19)/t14-/m1/s1. The molecule has 5 nitrogen and oxygen atoms in total. The number of ether oxygens (including phenoxy) is 1. The van der Waals surface area contributed by atoms with Crippen LogP contribution in [0.25, 0.3) is 0 Å². The van der Waals surface area contributed by atoms with E-state index in [1.165, 1.54) is 12.8 Å². The number of hydrogen-bond donors (Lipinski definition) is 1. The first kappa shape index (κ1) is 15.0. The lowest BCUT2D eigenvalue weighted by Gasteiger charge is -2.20. The zero-order valence-corrected chi connectivity index (χ0v) is 12.5. The van der Waals surface area contributed by atoms with E-state index in [1.54, 1.807) is 4.68 Å². The molecule has 5 heteroatoms. The number of amides is 1. The van der Waals surface area contributed by atoms with Gasteiger partial charge in [0.25, 0.3) is 0 Å². The lowest BCUT2D eigenvalue weighted by atomic mass is 10.2. The van der Waals surface area contributed by atoms with E-state index in [0.717, 1.165) is 31.2 Å². The predicted molar refractivity (Wildman–Crippen MR) is 77.3 cm³/mol. The third-order valence-electron chi connectivity index (χ3n) is 3.79. The van der Waals surface area contributed by atoms with Gasteiger partial charge in [-0.25, -0.2) is 0 Å². The molecule has 1 amide bonds. The average molecular weight is 279 g/mol. The van der Waals surface area contributed by atoms with Gasteiger partial charge in [-0.1, -0.05) is 19.8 Å². The smallest absolute Gasteiger partial charge is 0.249 e. The van der Waals surface area contributed by atoms with Gasteiger partial charge in [-0.15, -0.1) is 0 Å². The Hall–Kier alpha value is -1.36. The number of aryl methyl sites for hydroxylation is 1. The molecule has 1 heterocycles. The van der Waals surface area contributed by atoms with E-state index in [0.29, 0.717) is 6.54 Å². The molecule has 0 aliphatic heterocycles. The number of nitrogens with one attached hydrogen (secondary N) is 1. The van der Waals surface area contributed by atoms with E-state index in [4.69, 9.17) is 4.74 Å².